The Kier molecular flexibility index (Phi) is 6.61. The molecule has 1 nitrogen and oxygen atoms in total. The van der Waals surface area contributed by atoms with Crippen LogP contribution in [0.4, 0.5) is 8.78 Å². The summed E-state index contributed by atoms with van der Waals surface area (Å²) >= 11 is 3.12. The summed E-state index contributed by atoms with van der Waals surface area (Å²) in [6, 6.07) is 2.55. The van der Waals surface area contributed by atoms with Crippen molar-refractivity contribution >= 4 is 15.9 Å². The second-order valence-corrected chi connectivity index (χ2v) is 5.39. The maximum atomic E-state index is 13.5. The van der Waals surface area contributed by atoms with Gasteiger partial charge in [0.15, 0.2) is 11.6 Å². The van der Waals surface area contributed by atoms with Crippen LogP contribution in [0.5, 0.6) is 5.75 Å². The molecule has 0 saturated heterocycles. The van der Waals surface area contributed by atoms with Crippen LogP contribution in [-0.4, -0.2) is 6.10 Å². The van der Waals surface area contributed by atoms with Gasteiger partial charge in [0.1, 0.15) is 0 Å². The van der Waals surface area contributed by atoms with Crippen LogP contribution in [0.25, 0.3) is 0 Å². The van der Waals surface area contributed by atoms with Gasteiger partial charge in [-0.25, -0.2) is 4.39 Å². The van der Waals surface area contributed by atoms with Crippen LogP contribution < -0.4 is 4.74 Å². The van der Waals surface area contributed by atoms with E-state index in [1.807, 2.05) is 6.92 Å². The van der Waals surface area contributed by atoms with Crippen LogP contribution in [0.15, 0.2) is 16.6 Å². The summed E-state index contributed by atoms with van der Waals surface area (Å²) in [5, 5.41) is 0. The highest BCUT2D eigenvalue weighted by molar-refractivity contribution is 9.10. The molecule has 0 unspecified atom stereocenters. The van der Waals surface area contributed by atoms with Crippen LogP contribution in [-0.2, 0) is 0 Å². The predicted molar refractivity (Wildman–Crippen MR) is 72.9 cm³/mol. The third-order valence-electron chi connectivity index (χ3n) is 2.75. The first kappa shape index (κ1) is 15.4. The van der Waals surface area contributed by atoms with Crippen LogP contribution >= 0.6 is 15.9 Å². The van der Waals surface area contributed by atoms with E-state index in [-0.39, 0.29) is 11.9 Å². The van der Waals surface area contributed by atoms with Gasteiger partial charge in [0.2, 0.25) is 5.82 Å². The molecule has 0 fully saturated rings. The molecule has 0 amide bonds. The average molecular weight is 321 g/mol. The number of hydrogen-bond acceptors (Lipinski definition) is 1. The van der Waals surface area contributed by atoms with Crippen LogP contribution in [0.3, 0.4) is 0 Å². The summed E-state index contributed by atoms with van der Waals surface area (Å²) in [6.07, 6.45) is 5.33. The fourth-order valence-corrected chi connectivity index (χ4v) is 2.16. The zero-order chi connectivity index (χ0) is 13.5. The molecule has 0 bridgehead atoms. The van der Waals surface area contributed by atoms with Gasteiger partial charge < -0.3 is 4.74 Å². The molecule has 0 radical (unpaired) electrons. The summed E-state index contributed by atoms with van der Waals surface area (Å²) in [4.78, 5) is 0. The minimum absolute atomic E-state index is 0.0233. The number of hydrogen-bond donors (Lipinski definition) is 0. The fraction of sp³-hybridized carbons (Fsp3) is 0.571. The molecule has 0 aliphatic rings. The number of benzene rings is 1. The molecule has 0 heterocycles. The second kappa shape index (κ2) is 7.72. The molecule has 0 aromatic heterocycles. The molecule has 18 heavy (non-hydrogen) atoms. The van der Waals surface area contributed by atoms with Gasteiger partial charge in [0, 0.05) is 4.47 Å². The molecule has 0 saturated carbocycles. The van der Waals surface area contributed by atoms with Crippen molar-refractivity contribution in [2.24, 2.45) is 0 Å². The van der Waals surface area contributed by atoms with Crippen molar-refractivity contribution in [1.29, 1.82) is 0 Å². The fourth-order valence-electron chi connectivity index (χ4n) is 1.75. The Morgan fingerprint density at radius 2 is 1.94 bits per heavy atom. The first-order chi connectivity index (χ1) is 8.54. The molecule has 0 aliphatic heterocycles. The molecule has 1 atom stereocenters. The van der Waals surface area contributed by atoms with Gasteiger partial charge in [-0.1, -0.05) is 42.1 Å². The lowest BCUT2D eigenvalue weighted by Gasteiger charge is -2.15. The second-order valence-electron chi connectivity index (χ2n) is 4.48. The maximum Gasteiger partial charge on any atom is 0.200 e. The molecule has 0 spiro atoms. The molecule has 0 aliphatic carbocycles. The molecule has 0 N–H and O–H groups in total. The Bertz CT molecular complexity index is 382. The molecule has 4 heteroatoms. The first-order valence-electron chi connectivity index (χ1n) is 6.35. The van der Waals surface area contributed by atoms with E-state index in [9.17, 15) is 8.78 Å². The van der Waals surface area contributed by atoms with Gasteiger partial charge >= 0.3 is 0 Å². The number of rotatable bonds is 7. The molecule has 1 aromatic rings. The summed E-state index contributed by atoms with van der Waals surface area (Å²) in [5.41, 5.74) is 0. The quantitative estimate of drug-likeness (QED) is 0.478. The highest BCUT2D eigenvalue weighted by Crippen LogP contribution is 2.26. The predicted octanol–water partition coefficient (Wildman–Crippen LogP) is 5.47. The number of ether oxygens (including phenoxy) is 1. The minimum atomic E-state index is -0.918. The van der Waals surface area contributed by atoms with Gasteiger partial charge in [0.25, 0.3) is 0 Å². The first-order valence-corrected chi connectivity index (χ1v) is 7.15. The summed E-state index contributed by atoms with van der Waals surface area (Å²) < 4.78 is 32.5. The maximum absolute atomic E-state index is 13.5. The monoisotopic (exact) mass is 320 g/mol. The highest BCUT2D eigenvalue weighted by Gasteiger charge is 2.13. The molecule has 1 aromatic carbocycles. The minimum Gasteiger partial charge on any atom is -0.487 e. The number of unbranched alkanes of at least 4 members (excludes halogenated alkanes) is 3. The lowest BCUT2D eigenvalue weighted by atomic mass is 10.1. The molecule has 1 rings (SSSR count). The van der Waals surface area contributed by atoms with Crippen molar-refractivity contribution in [2.75, 3.05) is 0 Å². The third kappa shape index (κ3) is 4.92. The summed E-state index contributed by atoms with van der Waals surface area (Å²) in [6.45, 7) is 4.03. The lowest BCUT2D eigenvalue weighted by Crippen LogP contribution is -2.13. The van der Waals surface area contributed by atoms with Gasteiger partial charge in [-0.05, 0) is 31.9 Å². The summed E-state index contributed by atoms with van der Waals surface area (Å²) in [7, 11) is 0. The normalized spacial score (nSPS) is 12.5. The van der Waals surface area contributed by atoms with Gasteiger partial charge in [-0.3, -0.25) is 0 Å². The van der Waals surface area contributed by atoms with Gasteiger partial charge in [0.05, 0.1) is 6.10 Å². The van der Waals surface area contributed by atoms with E-state index in [2.05, 4.69) is 22.9 Å². The van der Waals surface area contributed by atoms with Crippen LogP contribution in [0.1, 0.15) is 46.0 Å². The molecular weight excluding hydrogens is 302 g/mol. The number of halogens is 3. The van der Waals surface area contributed by atoms with Crippen molar-refractivity contribution in [3.8, 4) is 5.75 Å². The standard InChI is InChI=1S/C14H19BrF2O/c1-3-4-5-6-7-10(2)18-13-9-11(15)8-12(16)14(13)17/h8-10H,3-7H2,1-2H3/t10-/m1/s1. The average Bonchev–Trinajstić information content (AvgIpc) is 2.31. The third-order valence-corrected chi connectivity index (χ3v) is 3.21. The van der Waals surface area contributed by atoms with Crippen LogP contribution in [0, 0.1) is 11.6 Å². The largest absolute Gasteiger partial charge is 0.487 e. The van der Waals surface area contributed by atoms with Gasteiger partial charge in [-0.2, -0.15) is 4.39 Å². The highest BCUT2D eigenvalue weighted by atomic mass is 79.9. The van der Waals surface area contributed by atoms with E-state index in [1.165, 1.54) is 18.9 Å². The topological polar surface area (TPSA) is 9.23 Å². The van der Waals surface area contributed by atoms with Crippen LogP contribution in [0.2, 0.25) is 0 Å². The van der Waals surface area contributed by atoms with Crippen molar-refractivity contribution in [1.82, 2.24) is 0 Å². The van der Waals surface area contributed by atoms with E-state index in [0.717, 1.165) is 25.3 Å². The molecular formula is C14H19BrF2O. The SMILES string of the molecule is CCCCCC[C@@H](C)Oc1cc(Br)cc(F)c1F. The van der Waals surface area contributed by atoms with Gasteiger partial charge in [-0.15, -0.1) is 0 Å². The van der Waals surface area contributed by atoms with E-state index >= 15 is 0 Å². The Hall–Kier alpha value is -0.640. The van der Waals surface area contributed by atoms with Crippen molar-refractivity contribution < 1.29 is 13.5 Å². The smallest absolute Gasteiger partial charge is 0.200 e. The van der Waals surface area contributed by atoms with Crippen molar-refractivity contribution in [3.63, 3.8) is 0 Å². The Labute approximate surface area is 116 Å². The Morgan fingerprint density at radius 1 is 1.22 bits per heavy atom. The van der Waals surface area contributed by atoms with E-state index in [1.54, 1.807) is 0 Å². The Morgan fingerprint density at radius 3 is 2.61 bits per heavy atom. The van der Waals surface area contributed by atoms with E-state index in [4.69, 9.17) is 4.74 Å². The van der Waals surface area contributed by atoms with E-state index < -0.39 is 11.6 Å². The van der Waals surface area contributed by atoms with Crippen molar-refractivity contribution in [2.45, 2.75) is 52.1 Å². The van der Waals surface area contributed by atoms with E-state index in [0.29, 0.717) is 4.47 Å². The molecule has 102 valence electrons. The zero-order valence-corrected chi connectivity index (χ0v) is 12.4. The van der Waals surface area contributed by atoms with Crippen molar-refractivity contribution in [3.05, 3.63) is 28.2 Å². The Balaban J connectivity index is 2.51. The zero-order valence-electron chi connectivity index (χ0n) is 10.8. The summed E-state index contributed by atoms with van der Waals surface area (Å²) in [5.74, 6) is -1.83. The lowest BCUT2D eigenvalue weighted by molar-refractivity contribution is 0.195.